The average Bonchev–Trinajstić information content (AvgIpc) is 2.93. The van der Waals surface area contributed by atoms with Crippen LogP contribution >= 0.6 is 0 Å². The number of piperazine rings is 1. The highest BCUT2D eigenvalue weighted by Gasteiger charge is 2.37. The third-order valence-corrected chi connectivity index (χ3v) is 5.36. The van der Waals surface area contributed by atoms with Gasteiger partial charge in [0.05, 0.1) is 0 Å². The van der Waals surface area contributed by atoms with Crippen LogP contribution in [0.3, 0.4) is 0 Å². The van der Waals surface area contributed by atoms with Crippen molar-refractivity contribution in [2.24, 2.45) is 0 Å². The monoisotopic (exact) mass is 272 g/mol. The summed E-state index contributed by atoms with van der Waals surface area (Å²) in [4.78, 5) is 5.49. The van der Waals surface area contributed by atoms with Crippen molar-refractivity contribution in [1.82, 2.24) is 9.80 Å². The lowest BCUT2D eigenvalue weighted by molar-refractivity contribution is 0.0227. The van der Waals surface area contributed by atoms with E-state index >= 15 is 0 Å². The minimum Gasteiger partial charge on any atom is -0.298 e. The van der Waals surface area contributed by atoms with Crippen molar-refractivity contribution in [2.45, 2.75) is 58.2 Å². The van der Waals surface area contributed by atoms with Crippen LogP contribution in [0.4, 0.5) is 0 Å². The van der Waals surface area contributed by atoms with E-state index in [-0.39, 0.29) is 0 Å². The zero-order valence-electron chi connectivity index (χ0n) is 13.2. The highest BCUT2D eigenvalue weighted by atomic mass is 15.3. The minimum atomic E-state index is 0.545. The number of hydrogen-bond acceptors (Lipinski definition) is 2. The molecule has 0 saturated carbocycles. The molecule has 1 aromatic rings. The molecule has 0 radical (unpaired) electrons. The standard InChI is InChI=1S/C18H28N2/c1-4-17-12-19-11-5-6-18(19)13-20(17)15(3)16-9-7-14(2)8-10-16/h7-10,15,17-18H,4-6,11-13H2,1-3H3. The van der Waals surface area contributed by atoms with Crippen molar-refractivity contribution >= 4 is 0 Å². The summed E-state index contributed by atoms with van der Waals surface area (Å²) < 4.78 is 0. The zero-order chi connectivity index (χ0) is 14.1. The van der Waals surface area contributed by atoms with Crippen LogP contribution in [0.2, 0.25) is 0 Å². The molecule has 2 nitrogen and oxygen atoms in total. The van der Waals surface area contributed by atoms with Crippen molar-refractivity contribution in [3.63, 3.8) is 0 Å². The van der Waals surface area contributed by atoms with E-state index in [0.717, 1.165) is 12.1 Å². The van der Waals surface area contributed by atoms with Gasteiger partial charge in [0, 0.05) is 31.2 Å². The first-order chi connectivity index (χ1) is 9.69. The Morgan fingerprint density at radius 3 is 2.65 bits per heavy atom. The van der Waals surface area contributed by atoms with E-state index in [9.17, 15) is 0 Å². The van der Waals surface area contributed by atoms with Crippen LogP contribution in [0, 0.1) is 6.92 Å². The van der Waals surface area contributed by atoms with Crippen LogP contribution in [-0.4, -0.2) is 41.5 Å². The summed E-state index contributed by atoms with van der Waals surface area (Å²) in [6.45, 7) is 10.8. The first kappa shape index (κ1) is 14.1. The summed E-state index contributed by atoms with van der Waals surface area (Å²) in [5.41, 5.74) is 2.83. The number of aryl methyl sites for hydroxylation is 1. The van der Waals surface area contributed by atoms with E-state index in [4.69, 9.17) is 0 Å². The van der Waals surface area contributed by atoms with Gasteiger partial charge in [0.2, 0.25) is 0 Å². The van der Waals surface area contributed by atoms with Crippen LogP contribution in [0.15, 0.2) is 24.3 Å². The van der Waals surface area contributed by atoms with Crippen LogP contribution in [0.25, 0.3) is 0 Å². The highest BCUT2D eigenvalue weighted by Crippen LogP contribution is 2.32. The first-order valence-corrected chi connectivity index (χ1v) is 8.25. The summed E-state index contributed by atoms with van der Waals surface area (Å²) in [6, 6.07) is 11.2. The molecule has 2 aliphatic heterocycles. The number of benzene rings is 1. The van der Waals surface area contributed by atoms with Crippen LogP contribution in [0.1, 0.15) is 50.3 Å². The summed E-state index contributed by atoms with van der Waals surface area (Å²) in [6.07, 6.45) is 4.06. The molecule has 1 aromatic carbocycles. The number of hydrogen-bond donors (Lipinski definition) is 0. The Balaban J connectivity index is 1.77. The fourth-order valence-corrected chi connectivity index (χ4v) is 3.98. The lowest BCUT2D eigenvalue weighted by Crippen LogP contribution is -2.56. The molecule has 2 aliphatic rings. The Morgan fingerprint density at radius 2 is 1.95 bits per heavy atom. The van der Waals surface area contributed by atoms with E-state index in [1.165, 1.54) is 50.0 Å². The maximum atomic E-state index is 2.76. The molecule has 3 rings (SSSR count). The topological polar surface area (TPSA) is 6.48 Å². The molecular formula is C18H28N2. The van der Waals surface area contributed by atoms with Crippen molar-refractivity contribution in [3.8, 4) is 0 Å². The fraction of sp³-hybridized carbons (Fsp3) is 0.667. The van der Waals surface area contributed by atoms with Crippen molar-refractivity contribution < 1.29 is 0 Å². The summed E-state index contributed by atoms with van der Waals surface area (Å²) in [7, 11) is 0. The molecule has 0 aliphatic carbocycles. The largest absolute Gasteiger partial charge is 0.298 e. The molecule has 0 bridgehead atoms. The quantitative estimate of drug-likeness (QED) is 0.829. The second kappa shape index (κ2) is 5.87. The van der Waals surface area contributed by atoms with Gasteiger partial charge in [0.25, 0.3) is 0 Å². The smallest absolute Gasteiger partial charge is 0.0324 e. The fourth-order valence-electron chi connectivity index (χ4n) is 3.98. The van der Waals surface area contributed by atoms with Gasteiger partial charge in [0.15, 0.2) is 0 Å². The van der Waals surface area contributed by atoms with Gasteiger partial charge in [-0.2, -0.15) is 0 Å². The van der Waals surface area contributed by atoms with Crippen molar-refractivity contribution in [3.05, 3.63) is 35.4 Å². The third kappa shape index (κ3) is 2.64. The second-order valence-corrected chi connectivity index (χ2v) is 6.64. The van der Waals surface area contributed by atoms with Crippen LogP contribution in [0.5, 0.6) is 0 Å². The van der Waals surface area contributed by atoms with E-state index in [1.807, 2.05) is 0 Å². The predicted molar refractivity (Wildman–Crippen MR) is 85.0 cm³/mol. The molecule has 3 unspecified atom stereocenters. The lowest BCUT2D eigenvalue weighted by atomic mass is 9.98. The van der Waals surface area contributed by atoms with Crippen LogP contribution < -0.4 is 0 Å². The van der Waals surface area contributed by atoms with Gasteiger partial charge in [0.1, 0.15) is 0 Å². The summed E-state index contributed by atoms with van der Waals surface area (Å²) in [5, 5.41) is 0. The van der Waals surface area contributed by atoms with Gasteiger partial charge in [-0.15, -0.1) is 0 Å². The van der Waals surface area contributed by atoms with Gasteiger partial charge < -0.3 is 0 Å². The normalized spacial score (nSPS) is 29.4. The molecule has 20 heavy (non-hydrogen) atoms. The van der Waals surface area contributed by atoms with E-state index in [0.29, 0.717) is 6.04 Å². The predicted octanol–water partition coefficient (Wildman–Crippen LogP) is 3.61. The number of rotatable bonds is 3. The Bertz CT molecular complexity index is 439. The number of fused-ring (bicyclic) bond motifs is 1. The molecule has 0 amide bonds. The summed E-state index contributed by atoms with van der Waals surface area (Å²) in [5.74, 6) is 0. The molecule has 2 heterocycles. The van der Waals surface area contributed by atoms with Crippen molar-refractivity contribution in [2.75, 3.05) is 19.6 Å². The second-order valence-electron chi connectivity index (χ2n) is 6.64. The molecule has 110 valence electrons. The van der Waals surface area contributed by atoms with Gasteiger partial charge in [-0.1, -0.05) is 36.8 Å². The maximum absolute atomic E-state index is 2.76. The Kier molecular flexibility index (Phi) is 4.13. The molecule has 2 heteroatoms. The molecule has 2 saturated heterocycles. The Labute approximate surface area is 123 Å². The van der Waals surface area contributed by atoms with Crippen molar-refractivity contribution in [1.29, 1.82) is 0 Å². The van der Waals surface area contributed by atoms with Gasteiger partial charge >= 0.3 is 0 Å². The van der Waals surface area contributed by atoms with Gasteiger partial charge in [-0.05, 0) is 45.2 Å². The maximum Gasteiger partial charge on any atom is 0.0324 e. The van der Waals surface area contributed by atoms with Gasteiger partial charge in [-0.25, -0.2) is 0 Å². The van der Waals surface area contributed by atoms with E-state index in [2.05, 4.69) is 54.8 Å². The Morgan fingerprint density at radius 1 is 1.20 bits per heavy atom. The van der Waals surface area contributed by atoms with Crippen LogP contribution in [-0.2, 0) is 0 Å². The third-order valence-electron chi connectivity index (χ3n) is 5.36. The van der Waals surface area contributed by atoms with E-state index < -0.39 is 0 Å². The lowest BCUT2D eigenvalue weighted by Gasteiger charge is -2.46. The van der Waals surface area contributed by atoms with E-state index in [1.54, 1.807) is 0 Å². The molecule has 3 atom stereocenters. The molecular weight excluding hydrogens is 244 g/mol. The Hall–Kier alpha value is -0.860. The minimum absolute atomic E-state index is 0.545. The average molecular weight is 272 g/mol. The molecule has 0 aromatic heterocycles. The zero-order valence-corrected chi connectivity index (χ0v) is 13.2. The molecule has 0 N–H and O–H groups in total. The summed E-state index contributed by atoms with van der Waals surface area (Å²) >= 11 is 0. The SMILES string of the molecule is CCC1CN2CCCC2CN1C(C)c1ccc(C)cc1. The van der Waals surface area contributed by atoms with Gasteiger partial charge in [-0.3, -0.25) is 9.80 Å². The molecule has 2 fully saturated rings. The highest BCUT2D eigenvalue weighted by molar-refractivity contribution is 5.24. The number of nitrogens with zero attached hydrogens (tertiary/aromatic N) is 2. The first-order valence-electron chi connectivity index (χ1n) is 8.25. The molecule has 0 spiro atoms.